The Morgan fingerprint density at radius 3 is 2.48 bits per heavy atom. The van der Waals surface area contributed by atoms with Crippen LogP contribution < -0.4 is 0 Å². The van der Waals surface area contributed by atoms with Crippen molar-refractivity contribution >= 4 is 11.6 Å². The zero-order chi connectivity index (χ0) is 17.2. The predicted octanol–water partition coefficient (Wildman–Crippen LogP) is 5.55. The van der Waals surface area contributed by atoms with Gasteiger partial charge in [0.15, 0.2) is 0 Å². The van der Waals surface area contributed by atoms with Crippen LogP contribution in [0.5, 0.6) is 0 Å². The number of rotatable bonds is 1. The summed E-state index contributed by atoms with van der Waals surface area (Å²) in [5.41, 5.74) is 9.62. The lowest BCUT2D eigenvalue weighted by Crippen LogP contribution is -1.93. The van der Waals surface area contributed by atoms with Gasteiger partial charge >= 0.3 is 0 Å². The minimum atomic E-state index is 0.736. The molecule has 1 nitrogen and oxygen atoms in total. The Labute approximate surface area is 148 Å². The Bertz CT molecular complexity index is 1020. The van der Waals surface area contributed by atoms with Gasteiger partial charge in [-0.1, -0.05) is 60.2 Å². The molecule has 0 unspecified atom stereocenters. The maximum atomic E-state index is 9.25. The first-order chi connectivity index (χ1) is 12.2. The third kappa shape index (κ3) is 2.99. The molecule has 0 heterocycles. The largest absolute Gasteiger partial charge is 0.192 e. The molecule has 0 spiro atoms. The van der Waals surface area contributed by atoms with E-state index in [4.69, 9.17) is 0 Å². The average Bonchev–Trinajstić information content (AvgIpc) is 2.79. The molecule has 4 rings (SSSR count). The van der Waals surface area contributed by atoms with Gasteiger partial charge in [0.05, 0.1) is 11.6 Å². The molecule has 0 fully saturated rings. The second-order valence-corrected chi connectivity index (χ2v) is 6.61. The molecule has 1 heteroatoms. The lowest BCUT2D eigenvalue weighted by atomic mass is 9.91. The summed E-state index contributed by atoms with van der Waals surface area (Å²) in [4.78, 5) is 0. The van der Waals surface area contributed by atoms with Gasteiger partial charge in [-0.2, -0.15) is 5.26 Å². The van der Waals surface area contributed by atoms with Crippen molar-refractivity contribution in [2.75, 3.05) is 0 Å². The van der Waals surface area contributed by atoms with E-state index in [9.17, 15) is 5.26 Å². The molecule has 0 amide bonds. The van der Waals surface area contributed by atoms with E-state index in [-0.39, 0.29) is 0 Å². The van der Waals surface area contributed by atoms with Crippen LogP contribution in [0.2, 0.25) is 0 Å². The summed E-state index contributed by atoms with van der Waals surface area (Å²) in [6, 6.07) is 25.6. The van der Waals surface area contributed by atoms with Crippen molar-refractivity contribution in [3.8, 4) is 6.07 Å². The highest BCUT2D eigenvalue weighted by Gasteiger charge is 2.18. The summed E-state index contributed by atoms with van der Waals surface area (Å²) in [6.07, 6.45) is 4.25. The zero-order valence-corrected chi connectivity index (χ0v) is 14.3. The van der Waals surface area contributed by atoms with Crippen molar-refractivity contribution in [2.24, 2.45) is 0 Å². The minimum absolute atomic E-state index is 0.736. The smallest absolute Gasteiger partial charge is 0.0991 e. The second-order valence-electron chi connectivity index (χ2n) is 6.61. The first-order valence-electron chi connectivity index (χ1n) is 8.64. The quantitative estimate of drug-likeness (QED) is 0.576. The number of fused-ring (bicyclic) bond motifs is 2. The van der Waals surface area contributed by atoms with Crippen LogP contribution in [0.15, 0.2) is 66.7 Å². The Morgan fingerprint density at radius 2 is 1.64 bits per heavy atom. The molecule has 0 saturated carbocycles. The summed E-state index contributed by atoms with van der Waals surface area (Å²) in [7, 11) is 0. The van der Waals surface area contributed by atoms with E-state index in [1.165, 1.54) is 39.0 Å². The SMILES string of the molecule is Cc1cccc(/C=C2\c3ccccc3CCc3cc(C#N)ccc32)c1. The van der Waals surface area contributed by atoms with Gasteiger partial charge in [0.2, 0.25) is 0 Å². The number of aryl methyl sites for hydroxylation is 3. The molecule has 3 aromatic carbocycles. The van der Waals surface area contributed by atoms with Gasteiger partial charge in [0.25, 0.3) is 0 Å². The van der Waals surface area contributed by atoms with Crippen LogP contribution in [0.4, 0.5) is 0 Å². The normalized spacial score (nSPS) is 14.3. The van der Waals surface area contributed by atoms with Gasteiger partial charge in [0, 0.05) is 0 Å². The molecule has 0 N–H and O–H groups in total. The topological polar surface area (TPSA) is 23.8 Å². The maximum Gasteiger partial charge on any atom is 0.0991 e. The average molecular weight is 321 g/mol. The summed E-state index contributed by atoms with van der Waals surface area (Å²) < 4.78 is 0. The van der Waals surface area contributed by atoms with Crippen molar-refractivity contribution in [2.45, 2.75) is 19.8 Å². The van der Waals surface area contributed by atoms with E-state index in [1.54, 1.807) is 0 Å². The van der Waals surface area contributed by atoms with Crippen LogP contribution in [0.25, 0.3) is 11.6 Å². The lowest BCUT2D eigenvalue weighted by Gasteiger charge is -2.12. The van der Waals surface area contributed by atoms with Gasteiger partial charge in [-0.15, -0.1) is 0 Å². The Hall–Kier alpha value is -3.11. The van der Waals surface area contributed by atoms with E-state index in [2.05, 4.69) is 73.7 Å². The highest BCUT2D eigenvalue weighted by Crippen LogP contribution is 2.35. The Morgan fingerprint density at radius 1 is 0.840 bits per heavy atom. The van der Waals surface area contributed by atoms with Crippen LogP contribution in [0.3, 0.4) is 0 Å². The van der Waals surface area contributed by atoms with Crippen LogP contribution >= 0.6 is 0 Å². The first-order valence-corrected chi connectivity index (χ1v) is 8.64. The van der Waals surface area contributed by atoms with Gasteiger partial charge in [-0.3, -0.25) is 0 Å². The summed E-state index contributed by atoms with van der Waals surface area (Å²) in [6.45, 7) is 2.12. The van der Waals surface area contributed by atoms with Crippen molar-refractivity contribution in [3.05, 3.63) is 106 Å². The van der Waals surface area contributed by atoms with Gasteiger partial charge in [-0.25, -0.2) is 0 Å². The maximum absolute atomic E-state index is 9.25. The van der Waals surface area contributed by atoms with Gasteiger partial charge in [0.1, 0.15) is 0 Å². The number of nitrogens with zero attached hydrogens (tertiary/aromatic N) is 1. The molecule has 120 valence electrons. The van der Waals surface area contributed by atoms with Gasteiger partial charge in [-0.05, 0) is 71.4 Å². The fraction of sp³-hybridized carbons (Fsp3) is 0.125. The number of benzene rings is 3. The van der Waals surface area contributed by atoms with Crippen LogP contribution in [0, 0.1) is 18.3 Å². The lowest BCUT2D eigenvalue weighted by molar-refractivity contribution is 0.964. The summed E-state index contributed by atoms with van der Waals surface area (Å²) in [5.74, 6) is 0. The van der Waals surface area contributed by atoms with Crippen LogP contribution in [0.1, 0.15) is 38.9 Å². The van der Waals surface area contributed by atoms with E-state index < -0.39 is 0 Å². The number of nitriles is 1. The summed E-state index contributed by atoms with van der Waals surface area (Å²) >= 11 is 0. The van der Waals surface area contributed by atoms with E-state index in [1.807, 2.05) is 12.1 Å². The predicted molar refractivity (Wildman–Crippen MR) is 103 cm³/mol. The highest BCUT2D eigenvalue weighted by molar-refractivity contribution is 5.94. The molecule has 0 atom stereocenters. The summed E-state index contributed by atoms with van der Waals surface area (Å²) in [5, 5.41) is 9.25. The van der Waals surface area contributed by atoms with Crippen molar-refractivity contribution in [1.82, 2.24) is 0 Å². The molecule has 0 aromatic heterocycles. The fourth-order valence-electron chi connectivity index (χ4n) is 3.63. The molecule has 3 aromatic rings. The molecule has 1 aliphatic rings. The van der Waals surface area contributed by atoms with Crippen LogP contribution in [-0.2, 0) is 12.8 Å². The van der Waals surface area contributed by atoms with E-state index in [0.717, 1.165) is 18.4 Å². The van der Waals surface area contributed by atoms with Crippen molar-refractivity contribution < 1.29 is 0 Å². The number of hydrogen-bond donors (Lipinski definition) is 0. The molecule has 0 aliphatic heterocycles. The fourth-order valence-corrected chi connectivity index (χ4v) is 3.63. The van der Waals surface area contributed by atoms with E-state index in [0.29, 0.717) is 0 Å². The molecule has 25 heavy (non-hydrogen) atoms. The monoisotopic (exact) mass is 321 g/mol. The molecule has 0 bridgehead atoms. The third-order valence-corrected chi connectivity index (χ3v) is 4.85. The zero-order valence-electron chi connectivity index (χ0n) is 14.3. The van der Waals surface area contributed by atoms with Crippen molar-refractivity contribution in [3.63, 3.8) is 0 Å². The number of hydrogen-bond acceptors (Lipinski definition) is 1. The Balaban J connectivity index is 1.97. The van der Waals surface area contributed by atoms with Crippen LogP contribution in [-0.4, -0.2) is 0 Å². The third-order valence-electron chi connectivity index (χ3n) is 4.85. The molecular formula is C24H19N. The van der Waals surface area contributed by atoms with Gasteiger partial charge < -0.3 is 0 Å². The molecule has 0 radical (unpaired) electrons. The Kier molecular flexibility index (Phi) is 3.96. The standard InChI is InChI=1S/C24H19N/c1-17-5-4-6-18(13-17)15-24-22-8-3-2-7-20(22)10-11-21-14-19(16-25)9-12-23(21)24/h2-9,12-15H,10-11H2,1H3/b24-15+. The minimum Gasteiger partial charge on any atom is -0.192 e. The second kappa shape index (κ2) is 6.42. The molecule has 0 saturated heterocycles. The molecule has 1 aliphatic carbocycles. The first kappa shape index (κ1) is 15.4. The van der Waals surface area contributed by atoms with E-state index >= 15 is 0 Å². The molecular weight excluding hydrogens is 302 g/mol. The van der Waals surface area contributed by atoms with Crippen molar-refractivity contribution in [1.29, 1.82) is 5.26 Å². The highest BCUT2D eigenvalue weighted by atomic mass is 14.3.